The molecular formula is C14H14F3N3OS. The van der Waals surface area contributed by atoms with Gasteiger partial charge in [-0.2, -0.15) is 13.2 Å². The number of aromatic nitrogens is 2. The van der Waals surface area contributed by atoms with Crippen LogP contribution in [-0.4, -0.2) is 28.6 Å². The molecule has 0 radical (unpaired) electrons. The second-order valence-corrected chi connectivity index (χ2v) is 5.45. The van der Waals surface area contributed by atoms with Crippen LogP contribution in [0.4, 0.5) is 13.2 Å². The third-order valence-corrected chi connectivity index (χ3v) is 3.77. The number of carbonyl (C=O) groups excluding carboxylic acids is 1. The number of hydrogen-bond acceptors (Lipinski definition) is 3. The Morgan fingerprint density at radius 3 is 2.95 bits per heavy atom. The lowest BCUT2D eigenvalue weighted by atomic mass is 10.1. The number of halogens is 3. The molecule has 0 aliphatic carbocycles. The summed E-state index contributed by atoms with van der Waals surface area (Å²) in [6, 6.07) is 1.92. The van der Waals surface area contributed by atoms with E-state index in [1.807, 2.05) is 29.8 Å². The first-order valence-electron chi connectivity index (χ1n) is 6.50. The van der Waals surface area contributed by atoms with Crippen LogP contribution >= 0.6 is 11.8 Å². The van der Waals surface area contributed by atoms with Crippen molar-refractivity contribution in [3.05, 3.63) is 35.5 Å². The molecule has 0 fully saturated rings. The molecule has 8 heteroatoms. The Bertz CT molecular complexity index is 694. The summed E-state index contributed by atoms with van der Waals surface area (Å²) in [5.74, 6) is -1.92. The molecule has 0 aliphatic rings. The van der Waals surface area contributed by atoms with Crippen molar-refractivity contribution >= 4 is 28.7 Å². The number of nitrogens with one attached hydrogen (secondary N) is 2. The molecule has 4 nitrogen and oxygen atoms in total. The molecule has 0 aliphatic heterocycles. The van der Waals surface area contributed by atoms with Gasteiger partial charge in [-0.25, -0.2) is 4.98 Å². The maximum atomic E-state index is 12.1. The molecule has 0 atom stereocenters. The van der Waals surface area contributed by atoms with Crippen molar-refractivity contribution in [1.29, 1.82) is 0 Å². The Kier molecular flexibility index (Phi) is 5.12. The number of thioether (sulfide) groups is 1. The van der Waals surface area contributed by atoms with Crippen LogP contribution in [-0.2, 0) is 11.2 Å². The van der Waals surface area contributed by atoms with Crippen molar-refractivity contribution in [2.24, 2.45) is 0 Å². The summed E-state index contributed by atoms with van der Waals surface area (Å²) >= 11 is 1.50. The van der Waals surface area contributed by atoms with E-state index in [-0.39, 0.29) is 6.54 Å². The largest absolute Gasteiger partial charge is 0.471 e. The summed E-state index contributed by atoms with van der Waals surface area (Å²) in [5, 5.41) is 4.62. The van der Waals surface area contributed by atoms with Crippen molar-refractivity contribution in [1.82, 2.24) is 15.3 Å². The predicted molar refractivity (Wildman–Crippen MR) is 79.5 cm³/mol. The van der Waals surface area contributed by atoms with Gasteiger partial charge in [-0.3, -0.25) is 4.79 Å². The summed E-state index contributed by atoms with van der Waals surface area (Å²) in [7, 11) is 0. The van der Waals surface area contributed by atoms with E-state index in [0.717, 1.165) is 15.8 Å². The Morgan fingerprint density at radius 1 is 1.50 bits per heavy atom. The van der Waals surface area contributed by atoms with Gasteiger partial charge in [0.2, 0.25) is 0 Å². The zero-order valence-electron chi connectivity index (χ0n) is 11.7. The monoisotopic (exact) mass is 329 g/mol. The smallest absolute Gasteiger partial charge is 0.348 e. The first-order chi connectivity index (χ1) is 10.4. The molecule has 0 bridgehead atoms. The summed E-state index contributed by atoms with van der Waals surface area (Å²) in [5.41, 5.74) is 1.48. The molecule has 118 valence electrons. The van der Waals surface area contributed by atoms with Gasteiger partial charge >= 0.3 is 12.1 Å². The minimum atomic E-state index is -4.85. The van der Waals surface area contributed by atoms with Gasteiger partial charge in [0.15, 0.2) is 0 Å². The van der Waals surface area contributed by atoms with Crippen molar-refractivity contribution in [3.8, 4) is 0 Å². The van der Waals surface area contributed by atoms with Crippen LogP contribution in [0.2, 0.25) is 0 Å². The highest BCUT2D eigenvalue weighted by molar-refractivity contribution is 8.02. The van der Waals surface area contributed by atoms with Crippen LogP contribution in [0.25, 0.3) is 11.0 Å². The molecule has 0 unspecified atom stereocenters. The fourth-order valence-electron chi connectivity index (χ4n) is 1.87. The molecule has 0 saturated heterocycles. The fourth-order valence-corrected chi connectivity index (χ4v) is 2.46. The molecule has 2 heterocycles. The molecule has 0 aromatic carbocycles. The van der Waals surface area contributed by atoms with Gasteiger partial charge in [0.1, 0.15) is 5.65 Å². The van der Waals surface area contributed by atoms with Gasteiger partial charge in [-0.05, 0) is 30.4 Å². The van der Waals surface area contributed by atoms with Crippen molar-refractivity contribution in [3.63, 3.8) is 0 Å². The number of amides is 1. The van der Waals surface area contributed by atoms with E-state index < -0.39 is 12.1 Å². The summed E-state index contributed by atoms with van der Waals surface area (Å²) in [6.07, 6.45) is 0.763. The van der Waals surface area contributed by atoms with Crippen LogP contribution < -0.4 is 5.32 Å². The second kappa shape index (κ2) is 6.87. The first kappa shape index (κ1) is 16.4. The van der Waals surface area contributed by atoms with E-state index in [2.05, 4.69) is 9.97 Å². The lowest BCUT2D eigenvalue weighted by Gasteiger charge is -2.07. The third-order valence-electron chi connectivity index (χ3n) is 2.87. The van der Waals surface area contributed by atoms with Crippen LogP contribution in [0.15, 0.2) is 34.8 Å². The average molecular weight is 329 g/mol. The van der Waals surface area contributed by atoms with E-state index in [1.54, 1.807) is 12.4 Å². The summed E-state index contributed by atoms with van der Waals surface area (Å²) < 4.78 is 36.3. The molecule has 22 heavy (non-hydrogen) atoms. The standard InChI is InChI=1S/C14H14F3N3OS/c1-2-5-22-10-6-11-9(7-19-12(11)20-8-10)3-4-18-13(21)14(15,16)17/h2,5-8H,3-4H2,1H3,(H,18,21)(H,19,20)/b5-2-. The lowest BCUT2D eigenvalue weighted by Crippen LogP contribution is -2.37. The van der Waals surface area contributed by atoms with E-state index in [1.165, 1.54) is 11.8 Å². The average Bonchev–Trinajstić information content (AvgIpc) is 2.86. The van der Waals surface area contributed by atoms with Crippen LogP contribution in [0, 0.1) is 0 Å². The van der Waals surface area contributed by atoms with Crippen molar-refractivity contribution < 1.29 is 18.0 Å². The van der Waals surface area contributed by atoms with Gasteiger partial charge in [0.05, 0.1) is 0 Å². The Morgan fingerprint density at radius 2 is 2.27 bits per heavy atom. The number of H-pyrrole nitrogens is 1. The number of rotatable bonds is 5. The van der Waals surface area contributed by atoms with Gasteiger partial charge in [0, 0.05) is 29.2 Å². The van der Waals surface area contributed by atoms with Crippen LogP contribution in [0.1, 0.15) is 12.5 Å². The highest BCUT2D eigenvalue weighted by Gasteiger charge is 2.38. The van der Waals surface area contributed by atoms with Crippen LogP contribution in [0.3, 0.4) is 0 Å². The van der Waals surface area contributed by atoms with Crippen molar-refractivity contribution in [2.75, 3.05) is 6.54 Å². The van der Waals surface area contributed by atoms with Gasteiger partial charge in [-0.15, -0.1) is 0 Å². The Labute approximate surface area is 129 Å². The van der Waals surface area contributed by atoms with E-state index in [4.69, 9.17) is 0 Å². The fraction of sp³-hybridized carbons (Fsp3) is 0.286. The summed E-state index contributed by atoms with van der Waals surface area (Å²) in [6.45, 7) is 1.82. The highest BCUT2D eigenvalue weighted by atomic mass is 32.2. The predicted octanol–water partition coefficient (Wildman–Crippen LogP) is 3.41. The third kappa shape index (κ3) is 4.03. The Balaban J connectivity index is 2.06. The van der Waals surface area contributed by atoms with Crippen LogP contribution in [0.5, 0.6) is 0 Å². The second-order valence-electron chi connectivity index (χ2n) is 4.47. The maximum absolute atomic E-state index is 12.1. The number of pyridine rings is 1. The van der Waals surface area contributed by atoms with E-state index in [0.29, 0.717) is 12.1 Å². The number of hydrogen-bond donors (Lipinski definition) is 2. The first-order valence-corrected chi connectivity index (χ1v) is 7.38. The SMILES string of the molecule is C/C=C\Sc1cnc2[nH]cc(CCNC(=O)C(F)(F)F)c2c1. The quantitative estimate of drug-likeness (QED) is 0.827. The number of alkyl halides is 3. The highest BCUT2D eigenvalue weighted by Crippen LogP contribution is 2.25. The number of fused-ring (bicyclic) bond motifs is 1. The lowest BCUT2D eigenvalue weighted by molar-refractivity contribution is -0.173. The molecule has 2 aromatic heterocycles. The number of carbonyl (C=O) groups is 1. The number of nitrogens with zero attached hydrogens (tertiary/aromatic N) is 1. The zero-order valence-corrected chi connectivity index (χ0v) is 12.5. The summed E-state index contributed by atoms with van der Waals surface area (Å²) in [4.78, 5) is 18.9. The van der Waals surface area contributed by atoms with Gasteiger partial charge < -0.3 is 10.3 Å². The van der Waals surface area contributed by atoms with Gasteiger partial charge in [-0.1, -0.05) is 17.8 Å². The topological polar surface area (TPSA) is 57.8 Å². The Hall–Kier alpha value is -1.96. The molecule has 0 saturated carbocycles. The van der Waals surface area contributed by atoms with Crippen molar-refractivity contribution in [2.45, 2.75) is 24.4 Å². The molecule has 2 rings (SSSR count). The number of allylic oxidation sites excluding steroid dienone is 1. The minimum Gasteiger partial charge on any atom is -0.348 e. The molecule has 2 aromatic rings. The molecule has 1 amide bonds. The normalized spacial score (nSPS) is 12.2. The van der Waals surface area contributed by atoms with E-state index >= 15 is 0 Å². The molecular weight excluding hydrogens is 315 g/mol. The zero-order chi connectivity index (χ0) is 16.2. The number of aromatic amines is 1. The maximum Gasteiger partial charge on any atom is 0.471 e. The van der Waals surface area contributed by atoms with Gasteiger partial charge in [0.25, 0.3) is 0 Å². The molecule has 0 spiro atoms. The van der Waals surface area contributed by atoms with E-state index in [9.17, 15) is 18.0 Å². The minimum absolute atomic E-state index is 0.0858. The molecule has 2 N–H and O–H groups in total.